The predicted molar refractivity (Wildman–Crippen MR) is 77.4 cm³/mol. The van der Waals surface area contributed by atoms with E-state index in [9.17, 15) is 4.79 Å². The number of amides is 2. The molecular weight excluding hydrogens is 260 g/mol. The lowest BCUT2D eigenvalue weighted by Crippen LogP contribution is -2.34. The van der Waals surface area contributed by atoms with Crippen molar-refractivity contribution >= 4 is 23.3 Å². The number of benzene rings is 1. The van der Waals surface area contributed by atoms with Gasteiger partial charge in [-0.3, -0.25) is 0 Å². The highest BCUT2D eigenvalue weighted by Crippen LogP contribution is 2.47. The first-order valence-corrected chi connectivity index (χ1v) is 7.39. The minimum Gasteiger partial charge on any atom is -0.338 e. The number of carbonyl (C=O) groups excluding carboxylic acids is 1. The molecule has 0 aromatic heterocycles. The standard InChI is InChI=1S/C15H19ClN2O/c16-13-2-1-3-14(8-13)18-15(19)17-9-12-7-10-4-5-11(12)6-10/h1-3,8,10-12H,4-7,9H2,(H2,17,18,19)/t10-,11-,12+/m1/s1. The van der Waals surface area contributed by atoms with Crippen LogP contribution in [0.4, 0.5) is 10.5 Å². The molecule has 2 N–H and O–H groups in total. The van der Waals surface area contributed by atoms with Gasteiger partial charge in [-0.15, -0.1) is 0 Å². The second-order valence-corrected chi connectivity index (χ2v) is 6.22. The lowest BCUT2D eigenvalue weighted by molar-refractivity contribution is 0.245. The summed E-state index contributed by atoms with van der Waals surface area (Å²) in [5, 5.41) is 6.43. The highest BCUT2D eigenvalue weighted by Gasteiger charge is 2.39. The summed E-state index contributed by atoms with van der Waals surface area (Å²) in [6.07, 6.45) is 5.42. The van der Waals surface area contributed by atoms with Gasteiger partial charge in [-0.25, -0.2) is 4.79 Å². The number of fused-ring (bicyclic) bond motifs is 2. The van der Waals surface area contributed by atoms with Crippen molar-refractivity contribution in [1.29, 1.82) is 0 Å². The van der Waals surface area contributed by atoms with E-state index in [-0.39, 0.29) is 6.03 Å². The second-order valence-electron chi connectivity index (χ2n) is 5.78. The molecule has 1 aromatic rings. The molecule has 19 heavy (non-hydrogen) atoms. The van der Waals surface area contributed by atoms with Crippen LogP contribution in [-0.4, -0.2) is 12.6 Å². The molecule has 0 unspecified atom stereocenters. The number of anilines is 1. The Bertz CT molecular complexity index is 477. The topological polar surface area (TPSA) is 41.1 Å². The number of nitrogens with one attached hydrogen (secondary N) is 2. The van der Waals surface area contributed by atoms with Crippen molar-refractivity contribution in [2.45, 2.75) is 25.7 Å². The number of urea groups is 1. The van der Waals surface area contributed by atoms with Gasteiger partial charge < -0.3 is 10.6 Å². The van der Waals surface area contributed by atoms with E-state index in [1.807, 2.05) is 12.1 Å². The first-order valence-electron chi connectivity index (χ1n) is 7.01. The Hall–Kier alpha value is -1.22. The Kier molecular flexibility index (Phi) is 3.65. The Balaban J connectivity index is 1.47. The van der Waals surface area contributed by atoms with E-state index in [2.05, 4.69) is 10.6 Å². The van der Waals surface area contributed by atoms with Crippen molar-refractivity contribution in [3.05, 3.63) is 29.3 Å². The molecular formula is C15H19ClN2O. The normalized spacial score (nSPS) is 28.4. The summed E-state index contributed by atoms with van der Waals surface area (Å²) in [6, 6.07) is 7.07. The Morgan fingerprint density at radius 1 is 1.32 bits per heavy atom. The molecule has 1 aromatic carbocycles. The molecule has 0 radical (unpaired) electrons. The third kappa shape index (κ3) is 3.03. The van der Waals surface area contributed by atoms with Crippen molar-refractivity contribution < 1.29 is 4.79 Å². The third-order valence-corrected chi connectivity index (χ3v) is 4.73. The van der Waals surface area contributed by atoms with Gasteiger partial charge in [0, 0.05) is 17.3 Å². The van der Waals surface area contributed by atoms with Crippen LogP contribution in [0.3, 0.4) is 0 Å². The molecule has 2 bridgehead atoms. The van der Waals surface area contributed by atoms with Crippen molar-refractivity contribution in [1.82, 2.24) is 5.32 Å². The molecule has 4 heteroatoms. The van der Waals surface area contributed by atoms with Crippen molar-refractivity contribution in [2.75, 3.05) is 11.9 Å². The SMILES string of the molecule is O=C(NC[C@@H]1C[C@@H]2CC[C@@H]1C2)Nc1cccc(Cl)c1. The van der Waals surface area contributed by atoms with E-state index >= 15 is 0 Å². The fourth-order valence-corrected chi connectivity index (χ4v) is 3.78. The fourth-order valence-electron chi connectivity index (χ4n) is 3.59. The molecule has 0 spiro atoms. The molecule has 0 aliphatic heterocycles. The first-order chi connectivity index (χ1) is 9.20. The lowest BCUT2D eigenvalue weighted by atomic mass is 9.89. The highest BCUT2D eigenvalue weighted by molar-refractivity contribution is 6.30. The van der Waals surface area contributed by atoms with E-state index in [1.54, 1.807) is 12.1 Å². The maximum atomic E-state index is 11.8. The third-order valence-electron chi connectivity index (χ3n) is 4.49. The monoisotopic (exact) mass is 278 g/mol. The molecule has 102 valence electrons. The zero-order chi connectivity index (χ0) is 13.2. The molecule has 0 saturated heterocycles. The fraction of sp³-hybridized carbons (Fsp3) is 0.533. The Morgan fingerprint density at radius 3 is 2.89 bits per heavy atom. The average molecular weight is 279 g/mol. The summed E-state index contributed by atoms with van der Waals surface area (Å²) < 4.78 is 0. The molecule has 2 amide bonds. The van der Waals surface area contributed by atoms with Crippen LogP contribution in [0.25, 0.3) is 0 Å². The van der Waals surface area contributed by atoms with Crippen LogP contribution in [0.1, 0.15) is 25.7 Å². The van der Waals surface area contributed by atoms with E-state index in [4.69, 9.17) is 11.6 Å². The number of carbonyl (C=O) groups is 1. The lowest BCUT2D eigenvalue weighted by Gasteiger charge is -2.21. The number of hydrogen-bond acceptors (Lipinski definition) is 1. The molecule has 3 rings (SSSR count). The zero-order valence-corrected chi connectivity index (χ0v) is 11.6. The van der Waals surface area contributed by atoms with Gasteiger partial charge in [0.05, 0.1) is 0 Å². The van der Waals surface area contributed by atoms with E-state index < -0.39 is 0 Å². The molecule has 2 fully saturated rings. The largest absolute Gasteiger partial charge is 0.338 e. The maximum Gasteiger partial charge on any atom is 0.319 e. The van der Waals surface area contributed by atoms with Gasteiger partial charge in [0.1, 0.15) is 0 Å². The number of rotatable bonds is 3. The number of halogens is 1. The van der Waals surface area contributed by atoms with Crippen LogP contribution in [0.5, 0.6) is 0 Å². The summed E-state index contributed by atoms with van der Waals surface area (Å²) in [7, 11) is 0. The molecule has 2 saturated carbocycles. The predicted octanol–water partition coefficient (Wildman–Crippen LogP) is 3.90. The number of hydrogen-bond donors (Lipinski definition) is 2. The minimum absolute atomic E-state index is 0.134. The van der Waals surface area contributed by atoms with Crippen LogP contribution in [-0.2, 0) is 0 Å². The summed E-state index contributed by atoms with van der Waals surface area (Å²) >= 11 is 5.88. The van der Waals surface area contributed by atoms with Gasteiger partial charge in [0.15, 0.2) is 0 Å². The van der Waals surface area contributed by atoms with Crippen LogP contribution in [0.2, 0.25) is 5.02 Å². The van der Waals surface area contributed by atoms with Gasteiger partial charge in [0.2, 0.25) is 0 Å². The maximum absolute atomic E-state index is 11.8. The summed E-state index contributed by atoms with van der Waals surface area (Å²) in [5.41, 5.74) is 0.734. The molecule has 3 atom stereocenters. The first kappa shape index (κ1) is 12.8. The van der Waals surface area contributed by atoms with Crippen LogP contribution in [0, 0.1) is 17.8 Å². The molecule has 0 heterocycles. The minimum atomic E-state index is -0.134. The average Bonchev–Trinajstić information content (AvgIpc) is 2.98. The summed E-state index contributed by atoms with van der Waals surface area (Å²) in [5.74, 6) is 2.45. The van der Waals surface area contributed by atoms with Crippen molar-refractivity contribution in [3.63, 3.8) is 0 Å². The smallest absolute Gasteiger partial charge is 0.319 e. The van der Waals surface area contributed by atoms with Gasteiger partial charge >= 0.3 is 6.03 Å². The van der Waals surface area contributed by atoms with Crippen LogP contribution >= 0.6 is 11.6 Å². The zero-order valence-electron chi connectivity index (χ0n) is 10.9. The van der Waals surface area contributed by atoms with Gasteiger partial charge in [-0.05, 0) is 55.2 Å². The molecule has 3 nitrogen and oxygen atoms in total. The summed E-state index contributed by atoms with van der Waals surface area (Å²) in [6.45, 7) is 0.799. The molecule has 2 aliphatic rings. The Labute approximate surface area is 118 Å². The second kappa shape index (κ2) is 5.41. The van der Waals surface area contributed by atoms with Crippen molar-refractivity contribution in [2.24, 2.45) is 17.8 Å². The van der Waals surface area contributed by atoms with Crippen molar-refractivity contribution in [3.8, 4) is 0 Å². The quantitative estimate of drug-likeness (QED) is 0.865. The Morgan fingerprint density at radius 2 is 2.21 bits per heavy atom. The van der Waals surface area contributed by atoms with E-state index in [1.165, 1.54) is 25.7 Å². The summed E-state index contributed by atoms with van der Waals surface area (Å²) in [4.78, 5) is 11.8. The van der Waals surface area contributed by atoms with Gasteiger partial charge in [0.25, 0.3) is 0 Å². The highest BCUT2D eigenvalue weighted by atomic mass is 35.5. The molecule has 2 aliphatic carbocycles. The van der Waals surface area contributed by atoms with Crippen LogP contribution < -0.4 is 10.6 Å². The van der Waals surface area contributed by atoms with Gasteiger partial charge in [-0.2, -0.15) is 0 Å². The van der Waals surface area contributed by atoms with Crippen LogP contribution in [0.15, 0.2) is 24.3 Å². The van der Waals surface area contributed by atoms with Gasteiger partial charge in [-0.1, -0.05) is 24.1 Å². The van der Waals surface area contributed by atoms with E-state index in [0.29, 0.717) is 10.9 Å². The van der Waals surface area contributed by atoms with E-state index in [0.717, 1.165) is 24.1 Å².